The first-order valence-electron chi connectivity index (χ1n) is 7.93. The number of hydrogen-bond donors (Lipinski definition) is 2. The number of rotatable bonds is 3. The van der Waals surface area contributed by atoms with E-state index < -0.39 is 0 Å². The van der Waals surface area contributed by atoms with Crippen molar-refractivity contribution in [2.24, 2.45) is 5.92 Å². The standard InChI is InChI=1S/C18H24N2/c1-2-14-7-5-8-15(13-14)20-18-10-4-3-9-16(18)17-11-6-12-19-17/h1,5,7-8,13,16-20H,3-4,6,9-12H2. The van der Waals surface area contributed by atoms with E-state index in [1.165, 1.54) is 50.8 Å². The highest BCUT2D eigenvalue weighted by Crippen LogP contribution is 2.32. The maximum atomic E-state index is 5.49. The van der Waals surface area contributed by atoms with Crippen molar-refractivity contribution < 1.29 is 0 Å². The van der Waals surface area contributed by atoms with Crippen LogP contribution in [0.4, 0.5) is 5.69 Å². The molecule has 0 aromatic heterocycles. The van der Waals surface area contributed by atoms with Gasteiger partial charge in [-0.2, -0.15) is 0 Å². The smallest absolute Gasteiger partial charge is 0.0354 e. The van der Waals surface area contributed by atoms with Gasteiger partial charge in [-0.15, -0.1) is 6.42 Å². The summed E-state index contributed by atoms with van der Waals surface area (Å²) in [6.45, 7) is 1.19. The lowest BCUT2D eigenvalue weighted by molar-refractivity contribution is 0.263. The van der Waals surface area contributed by atoms with Gasteiger partial charge in [-0.05, 0) is 56.3 Å². The predicted molar refractivity (Wildman–Crippen MR) is 84.8 cm³/mol. The summed E-state index contributed by atoms with van der Waals surface area (Å²) in [6, 6.07) is 9.56. The molecule has 106 valence electrons. The van der Waals surface area contributed by atoms with Crippen molar-refractivity contribution in [2.75, 3.05) is 11.9 Å². The van der Waals surface area contributed by atoms with Gasteiger partial charge in [-0.1, -0.05) is 24.8 Å². The van der Waals surface area contributed by atoms with Crippen LogP contribution < -0.4 is 10.6 Å². The molecule has 1 aromatic rings. The molecule has 3 unspecified atom stereocenters. The molecule has 0 spiro atoms. The number of anilines is 1. The number of terminal acetylenes is 1. The Morgan fingerprint density at radius 3 is 2.85 bits per heavy atom. The average molecular weight is 268 g/mol. The topological polar surface area (TPSA) is 24.1 Å². The van der Waals surface area contributed by atoms with Crippen LogP contribution in [0.3, 0.4) is 0 Å². The summed E-state index contributed by atoms with van der Waals surface area (Å²) in [6.07, 6.45) is 13.5. The minimum atomic E-state index is 0.590. The molecule has 1 aromatic carbocycles. The Labute approximate surface area is 122 Å². The first-order chi connectivity index (χ1) is 9.86. The number of hydrogen-bond acceptors (Lipinski definition) is 2. The largest absolute Gasteiger partial charge is 0.382 e. The fourth-order valence-corrected chi connectivity index (χ4v) is 3.81. The van der Waals surface area contributed by atoms with Crippen molar-refractivity contribution in [2.45, 2.75) is 50.6 Å². The zero-order valence-corrected chi connectivity index (χ0v) is 12.1. The monoisotopic (exact) mass is 268 g/mol. The second-order valence-corrected chi connectivity index (χ2v) is 6.13. The van der Waals surface area contributed by atoms with Crippen LogP contribution in [0.15, 0.2) is 24.3 Å². The summed E-state index contributed by atoms with van der Waals surface area (Å²) >= 11 is 0. The van der Waals surface area contributed by atoms with Crippen molar-refractivity contribution in [1.82, 2.24) is 5.32 Å². The van der Waals surface area contributed by atoms with E-state index in [1.807, 2.05) is 12.1 Å². The molecule has 2 heteroatoms. The Hall–Kier alpha value is -1.46. The second kappa shape index (κ2) is 6.33. The molecule has 0 bridgehead atoms. The highest BCUT2D eigenvalue weighted by atomic mass is 15.0. The van der Waals surface area contributed by atoms with Crippen LogP contribution in [0.5, 0.6) is 0 Å². The first-order valence-corrected chi connectivity index (χ1v) is 7.93. The van der Waals surface area contributed by atoms with Gasteiger partial charge in [0.2, 0.25) is 0 Å². The van der Waals surface area contributed by atoms with E-state index >= 15 is 0 Å². The molecule has 1 saturated heterocycles. The van der Waals surface area contributed by atoms with Crippen molar-refractivity contribution in [3.05, 3.63) is 29.8 Å². The first kappa shape index (κ1) is 13.5. The third-order valence-electron chi connectivity index (χ3n) is 4.82. The van der Waals surface area contributed by atoms with Crippen LogP contribution in [-0.2, 0) is 0 Å². The van der Waals surface area contributed by atoms with Crippen LogP contribution in [0, 0.1) is 18.3 Å². The molecule has 0 amide bonds. The molecular formula is C18H24N2. The van der Waals surface area contributed by atoms with Gasteiger partial charge >= 0.3 is 0 Å². The zero-order chi connectivity index (χ0) is 13.8. The second-order valence-electron chi connectivity index (χ2n) is 6.13. The number of benzene rings is 1. The van der Waals surface area contributed by atoms with Gasteiger partial charge < -0.3 is 10.6 Å². The molecule has 1 heterocycles. The molecule has 3 atom stereocenters. The highest BCUT2D eigenvalue weighted by molar-refractivity contribution is 5.50. The summed E-state index contributed by atoms with van der Waals surface area (Å²) in [7, 11) is 0. The van der Waals surface area contributed by atoms with Crippen molar-refractivity contribution in [1.29, 1.82) is 0 Å². The van der Waals surface area contributed by atoms with E-state index in [9.17, 15) is 0 Å². The third kappa shape index (κ3) is 2.99. The van der Waals surface area contributed by atoms with Gasteiger partial charge in [0.15, 0.2) is 0 Å². The van der Waals surface area contributed by atoms with Gasteiger partial charge in [0.1, 0.15) is 0 Å². The van der Waals surface area contributed by atoms with Gasteiger partial charge in [-0.3, -0.25) is 0 Å². The Bertz CT molecular complexity index is 482. The van der Waals surface area contributed by atoms with Crippen LogP contribution in [0.2, 0.25) is 0 Å². The van der Waals surface area contributed by atoms with Crippen LogP contribution in [0.1, 0.15) is 44.1 Å². The molecule has 0 radical (unpaired) electrons. The Kier molecular flexibility index (Phi) is 4.28. The quantitative estimate of drug-likeness (QED) is 0.821. The van der Waals surface area contributed by atoms with E-state index in [2.05, 4.69) is 28.7 Å². The molecule has 1 saturated carbocycles. The van der Waals surface area contributed by atoms with Gasteiger partial charge in [0, 0.05) is 23.3 Å². The molecule has 20 heavy (non-hydrogen) atoms. The number of nitrogens with one attached hydrogen (secondary N) is 2. The SMILES string of the molecule is C#Cc1cccc(NC2CCCCC2C2CCCN2)c1. The van der Waals surface area contributed by atoms with Gasteiger partial charge in [-0.25, -0.2) is 0 Å². The van der Waals surface area contributed by atoms with E-state index in [1.54, 1.807) is 0 Å². The minimum Gasteiger partial charge on any atom is -0.382 e. The van der Waals surface area contributed by atoms with Crippen molar-refractivity contribution >= 4 is 5.69 Å². The van der Waals surface area contributed by atoms with Gasteiger partial charge in [0.05, 0.1) is 0 Å². The zero-order valence-electron chi connectivity index (χ0n) is 12.1. The Morgan fingerprint density at radius 2 is 2.05 bits per heavy atom. The maximum Gasteiger partial charge on any atom is 0.0354 e. The molecular weight excluding hydrogens is 244 g/mol. The predicted octanol–water partition coefficient (Wildman–Crippen LogP) is 3.39. The fourth-order valence-electron chi connectivity index (χ4n) is 3.81. The van der Waals surface area contributed by atoms with Crippen molar-refractivity contribution in [3.8, 4) is 12.3 Å². The summed E-state index contributed by atoms with van der Waals surface area (Å²) in [5.74, 6) is 3.48. The molecule has 1 aliphatic carbocycles. The van der Waals surface area contributed by atoms with E-state index in [-0.39, 0.29) is 0 Å². The Balaban J connectivity index is 1.71. The van der Waals surface area contributed by atoms with Crippen LogP contribution >= 0.6 is 0 Å². The van der Waals surface area contributed by atoms with Gasteiger partial charge in [0.25, 0.3) is 0 Å². The lowest BCUT2D eigenvalue weighted by atomic mass is 9.79. The van der Waals surface area contributed by atoms with E-state index in [0.29, 0.717) is 12.1 Å². The van der Waals surface area contributed by atoms with Crippen molar-refractivity contribution in [3.63, 3.8) is 0 Å². The third-order valence-corrected chi connectivity index (χ3v) is 4.82. The lowest BCUT2D eigenvalue weighted by Crippen LogP contribution is -2.43. The summed E-state index contributed by atoms with van der Waals surface area (Å²) in [5.41, 5.74) is 2.14. The normalized spacial score (nSPS) is 29.9. The molecule has 1 aliphatic heterocycles. The molecule has 2 N–H and O–H groups in total. The average Bonchev–Trinajstić information content (AvgIpc) is 3.02. The highest BCUT2D eigenvalue weighted by Gasteiger charge is 2.33. The minimum absolute atomic E-state index is 0.590. The fraction of sp³-hybridized carbons (Fsp3) is 0.556. The van der Waals surface area contributed by atoms with Crippen LogP contribution in [0.25, 0.3) is 0 Å². The van der Waals surface area contributed by atoms with E-state index in [4.69, 9.17) is 6.42 Å². The summed E-state index contributed by atoms with van der Waals surface area (Å²) in [4.78, 5) is 0. The lowest BCUT2D eigenvalue weighted by Gasteiger charge is -2.36. The van der Waals surface area contributed by atoms with E-state index in [0.717, 1.165) is 11.5 Å². The maximum absolute atomic E-state index is 5.49. The summed E-state index contributed by atoms with van der Waals surface area (Å²) in [5, 5.41) is 7.44. The summed E-state index contributed by atoms with van der Waals surface area (Å²) < 4.78 is 0. The molecule has 2 nitrogen and oxygen atoms in total. The van der Waals surface area contributed by atoms with Crippen LogP contribution in [-0.4, -0.2) is 18.6 Å². The molecule has 3 rings (SSSR count). The molecule has 2 aliphatic rings. The molecule has 2 fully saturated rings. The Morgan fingerprint density at radius 1 is 1.15 bits per heavy atom.